The first-order chi connectivity index (χ1) is 11.4. The summed E-state index contributed by atoms with van der Waals surface area (Å²) >= 11 is 0. The lowest BCUT2D eigenvalue weighted by atomic mass is 9.80. The zero-order valence-corrected chi connectivity index (χ0v) is 16.1. The van der Waals surface area contributed by atoms with Crippen molar-refractivity contribution in [2.75, 3.05) is 0 Å². The Hall–Kier alpha value is -1.40. The molecule has 1 heterocycles. The van der Waals surface area contributed by atoms with E-state index in [1.807, 2.05) is 34.6 Å². The molecule has 0 radical (unpaired) electrons. The molecule has 0 spiro atoms. The summed E-state index contributed by atoms with van der Waals surface area (Å²) < 4.78 is 5.63. The number of esters is 1. The number of hydrogen-bond donors (Lipinski definition) is 2. The number of ether oxygens (including phenoxy) is 1. The summed E-state index contributed by atoms with van der Waals surface area (Å²) in [6, 6.07) is 0. The Morgan fingerprint density at radius 1 is 1.20 bits per heavy atom. The smallest absolute Gasteiger partial charge is 0.327 e. The molecule has 25 heavy (non-hydrogen) atoms. The number of carboxylic acid groups (broad SMARTS) is 1. The van der Waals surface area contributed by atoms with Crippen molar-refractivity contribution in [3.05, 3.63) is 12.2 Å². The van der Waals surface area contributed by atoms with Gasteiger partial charge in [0, 0.05) is 36.4 Å². The van der Waals surface area contributed by atoms with Gasteiger partial charge in [0.2, 0.25) is 0 Å². The molecule has 144 valence electrons. The molecule has 0 amide bonds. The monoisotopic (exact) mass is 355 g/mol. The SMILES string of the molecule is CC(C=CC(=O)O)CCCCC(=O)OC1CC(C)(C)N(O)C(C)(C)C1. The molecule has 1 saturated heterocycles. The van der Waals surface area contributed by atoms with Crippen LogP contribution >= 0.6 is 0 Å². The summed E-state index contributed by atoms with van der Waals surface area (Å²) in [7, 11) is 0. The molecule has 0 bridgehead atoms. The van der Waals surface area contributed by atoms with E-state index in [4.69, 9.17) is 9.84 Å². The minimum atomic E-state index is -0.935. The van der Waals surface area contributed by atoms with Gasteiger partial charge in [0.1, 0.15) is 6.10 Å². The summed E-state index contributed by atoms with van der Waals surface area (Å²) in [6.07, 6.45) is 6.67. The summed E-state index contributed by atoms with van der Waals surface area (Å²) in [5.41, 5.74) is -0.864. The molecule has 6 heteroatoms. The highest BCUT2D eigenvalue weighted by molar-refractivity contribution is 5.79. The van der Waals surface area contributed by atoms with E-state index >= 15 is 0 Å². The van der Waals surface area contributed by atoms with Crippen LogP contribution in [0.25, 0.3) is 0 Å². The molecule has 0 aromatic carbocycles. The number of hydrogen-bond acceptors (Lipinski definition) is 5. The summed E-state index contributed by atoms with van der Waals surface area (Å²) in [4.78, 5) is 22.5. The molecule has 6 nitrogen and oxygen atoms in total. The number of hydroxylamine groups is 2. The molecule has 0 saturated carbocycles. The second kappa shape index (κ2) is 8.81. The lowest BCUT2D eigenvalue weighted by molar-refractivity contribution is -0.259. The topological polar surface area (TPSA) is 87.1 Å². The number of aliphatic carboxylic acids is 1. The molecule has 0 aromatic rings. The number of allylic oxidation sites excluding steroid dienone is 1. The molecule has 1 atom stereocenters. The van der Waals surface area contributed by atoms with Crippen molar-refractivity contribution < 1.29 is 24.6 Å². The van der Waals surface area contributed by atoms with Gasteiger partial charge in [-0.3, -0.25) is 4.79 Å². The van der Waals surface area contributed by atoms with Crippen LogP contribution < -0.4 is 0 Å². The van der Waals surface area contributed by atoms with E-state index in [9.17, 15) is 14.8 Å². The maximum atomic E-state index is 12.1. The van der Waals surface area contributed by atoms with Gasteiger partial charge in [0.15, 0.2) is 0 Å². The normalized spacial score (nSPS) is 22.0. The Bertz CT molecular complexity index is 480. The molecule has 0 aromatic heterocycles. The van der Waals surface area contributed by atoms with Crippen LogP contribution in [0.2, 0.25) is 0 Å². The summed E-state index contributed by atoms with van der Waals surface area (Å²) in [5.74, 6) is -0.950. The number of carboxylic acids is 1. The van der Waals surface area contributed by atoms with Crippen LogP contribution in [0.3, 0.4) is 0 Å². The average Bonchev–Trinajstić information content (AvgIpc) is 2.46. The van der Waals surface area contributed by atoms with E-state index in [0.717, 1.165) is 25.3 Å². The number of unbranched alkanes of at least 4 members (excludes halogenated alkanes) is 1. The maximum absolute atomic E-state index is 12.1. The van der Waals surface area contributed by atoms with Crippen LogP contribution in [0.15, 0.2) is 12.2 Å². The minimum Gasteiger partial charge on any atom is -0.478 e. The predicted octanol–water partition coefficient (Wildman–Crippen LogP) is 3.78. The van der Waals surface area contributed by atoms with Gasteiger partial charge in [-0.2, -0.15) is 5.06 Å². The third kappa shape index (κ3) is 7.16. The van der Waals surface area contributed by atoms with Crippen LogP contribution in [-0.4, -0.2) is 44.5 Å². The van der Waals surface area contributed by atoms with Gasteiger partial charge < -0.3 is 15.1 Å². The van der Waals surface area contributed by atoms with E-state index in [1.54, 1.807) is 6.08 Å². The Morgan fingerprint density at radius 3 is 2.28 bits per heavy atom. The van der Waals surface area contributed by atoms with Crippen molar-refractivity contribution in [1.82, 2.24) is 5.06 Å². The average molecular weight is 355 g/mol. The highest BCUT2D eigenvalue weighted by atomic mass is 16.5. The molecule has 1 fully saturated rings. The molecule has 1 aliphatic heterocycles. The fourth-order valence-corrected chi connectivity index (χ4v) is 3.59. The number of rotatable bonds is 8. The molecule has 2 N–H and O–H groups in total. The molecule has 1 aliphatic rings. The standard InChI is InChI=1S/C19H33NO5/c1-14(10-11-16(21)22)8-6-7-9-17(23)25-15-12-18(2,3)20(24)19(4,5)13-15/h10-11,14-15,24H,6-9,12-13H2,1-5H3,(H,21,22). The summed E-state index contributed by atoms with van der Waals surface area (Å²) in [6.45, 7) is 9.74. The van der Waals surface area contributed by atoms with Crippen LogP contribution in [0.4, 0.5) is 0 Å². The lowest BCUT2D eigenvalue weighted by Crippen LogP contribution is -2.60. The first-order valence-electron chi connectivity index (χ1n) is 9.04. The van der Waals surface area contributed by atoms with Crippen molar-refractivity contribution >= 4 is 11.9 Å². The lowest BCUT2D eigenvalue weighted by Gasteiger charge is -2.50. The van der Waals surface area contributed by atoms with E-state index in [-0.39, 0.29) is 18.0 Å². The minimum absolute atomic E-state index is 0.182. The first kappa shape index (κ1) is 21.6. The number of carbonyl (C=O) groups is 2. The molecular formula is C19H33NO5. The largest absolute Gasteiger partial charge is 0.478 e. The highest BCUT2D eigenvalue weighted by Crippen LogP contribution is 2.38. The van der Waals surface area contributed by atoms with Crippen molar-refractivity contribution in [1.29, 1.82) is 0 Å². The van der Waals surface area contributed by atoms with Crippen LogP contribution in [0, 0.1) is 5.92 Å². The van der Waals surface area contributed by atoms with Gasteiger partial charge >= 0.3 is 11.9 Å². The first-order valence-corrected chi connectivity index (χ1v) is 9.04. The summed E-state index contributed by atoms with van der Waals surface area (Å²) in [5, 5.41) is 20.2. The number of nitrogens with zero attached hydrogens (tertiary/aromatic N) is 1. The third-order valence-corrected chi connectivity index (χ3v) is 4.76. The van der Waals surface area contributed by atoms with Crippen LogP contribution in [-0.2, 0) is 14.3 Å². The predicted molar refractivity (Wildman–Crippen MR) is 95.3 cm³/mol. The van der Waals surface area contributed by atoms with Gasteiger partial charge in [0.25, 0.3) is 0 Å². The molecule has 0 aliphatic carbocycles. The van der Waals surface area contributed by atoms with E-state index < -0.39 is 17.0 Å². The Balaban J connectivity index is 2.34. The fraction of sp³-hybridized carbons (Fsp3) is 0.789. The van der Waals surface area contributed by atoms with Gasteiger partial charge in [0.05, 0.1) is 0 Å². The fourth-order valence-electron chi connectivity index (χ4n) is 3.59. The highest BCUT2D eigenvalue weighted by Gasteiger charge is 2.46. The second-order valence-electron chi connectivity index (χ2n) is 8.38. The van der Waals surface area contributed by atoms with Crippen molar-refractivity contribution in [3.8, 4) is 0 Å². The van der Waals surface area contributed by atoms with E-state index in [0.29, 0.717) is 19.3 Å². The van der Waals surface area contributed by atoms with Crippen LogP contribution in [0.1, 0.15) is 73.1 Å². The third-order valence-electron chi connectivity index (χ3n) is 4.76. The Labute approximate surface area is 150 Å². The quantitative estimate of drug-likeness (QED) is 0.391. The van der Waals surface area contributed by atoms with E-state index in [1.165, 1.54) is 5.06 Å². The zero-order valence-electron chi connectivity index (χ0n) is 16.1. The number of piperidine rings is 1. The van der Waals surface area contributed by atoms with Gasteiger partial charge in [-0.05, 0) is 46.5 Å². The van der Waals surface area contributed by atoms with Crippen molar-refractivity contribution in [2.45, 2.75) is 90.3 Å². The van der Waals surface area contributed by atoms with Gasteiger partial charge in [-0.25, -0.2) is 4.79 Å². The van der Waals surface area contributed by atoms with Crippen molar-refractivity contribution in [3.63, 3.8) is 0 Å². The molecular weight excluding hydrogens is 322 g/mol. The maximum Gasteiger partial charge on any atom is 0.327 e. The van der Waals surface area contributed by atoms with Gasteiger partial charge in [-0.1, -0.05) is 19.4 Å². The Kier molecular flexibility index (Phi) is 7.62. The second-order valence-corrected chi connectivity index (χ2v) is 8.38. The molecule has 1 rings (SSSR count). The molecule has 1 unspecified atom stereocenters. The van der Waals surface area contributed by atoms with Crippen molar-refractivity contribution in [2.24, 2.45) is 5.92 Å². The van der Waals surface area contributed by atoms with E-state index in [2.05, 4.69) is 0 Å². The van der Waals surface area contributed by atoms with Crippen LogP contribution in [0.5, 0.6) is 0 Å². The van der Waals surface area contributed by atoms with Gasteiger partial charge in [-0.15, -0.1) is 0 Å². The number of carbonyl (C=O) groups excluding carboxylic acids is 1. The Morgan fingerprint density at radius 2 is 1.76 bits per heavy atom. The zero-order chi connectivity index (χ0) is 19.3.